The van der Waals surface area contributed by atoms with E-state index in [1.807, 2.05) is 12.1 Å². The van der Waals surface area contributed by atoms with Gasteiger partial charge in [0.2, 0.25) is 5.91 Å². The highest BCUT2D eigenvalue weighted by atomic mass is 19.1. The summed E-state index contributed by atoms with van der Waals surface area (Å²) in [4.78, 5) is 27.7. The lowest BCUT2D eigenvalue weighted by molar-refractivity contribution is 0.0998. The van der Waals surface area contributed by atoms with Gasteiger partial charge in [0.25, 0.3) is 0 Å². The number of amides is 1. The van der Waals surface area contributed by atoms with Crippen LogP contribution in [0.4, 0.5) is 4.39 Å². The SMILES string of the molecule is CCc1ccccc1-c1ccc(C2CCN(C)C2)c(C(N)=O)c1.O=Cc1ccc(F)cn1. The Morgan fingerprint density at radius 1 is 1.22 bits per heavy atom. The third-order valence-corrected chi connectivity index (χ3v) is 5.73. The normalized spacial score (nSPS) is 15.7. The molecular weight excluding hydrogens is 405 g/mol. The Morgan fingerprint density at radius 2 is 2.00 bits per heavy atom. The van der Waals surface area contributed by atoms with Gasteiger partial charge in [0.1, 0.15) is 11.5 Å². The minimum absolute atomic E-state index is 0.247. The Hall–Kier alpha value is -3.38. The van der Waals surface area contributed by atoms with Crippen molar-refractivity contribution < 1.29 is 14.0 Å². The lowest BCUT2D eigenvalue weighted by Crippen LogP contribution is -2.18. The second kappa shape index (κ2) is 10.8. The maximum atomic E-state index is 12.0. The molecule has 2 N–H and O–H groups in total. The van der Waals surface area contributed by atoms with Crippen LogP contribution in [0, 0.1) is 5.82 Å². The number of rotatable bonds is 5. The van der Waals surface area contributed by atoms with Crippen LogP contribution in [-0.4, -0.2) is 42.2 Å². The molecule has 1 amide bonds. The first-order valence-electron chi connectivity index (χ1n) is 10.7. The molecule has 1 saturated heterocycles. The molecule has 5 nitrogen and oxygen atoms in total. The molecule has 1 atom stereocenters. The van der Waals surface area contributed by atoms with Gasteiger partial charge in [-0.25, -0.2) is 4.39 Å². The number of aryl methyl sites for hydroxylation is 1. The largest absolute Gasteiger partial charge is 0.366 e. The standard InChI is InChI=1S/C20H24N2O.C6H4FNO/c1-3-14-6-4-5-7-17(14)15-8-9-18(19(12-15)20(21)23)16-10-11-22(2)13-16;7-5-1-2-6(4-9)8-3-5/h4-9,12,16H,3,10-11,13H2,1-2H3,(H2,21,23);1-4H. The molecule has 4 rings (SSSR count). The van der Waals surface area contributed by atoms with E-state index >= 15 is 0 Å². The van der Waals surface area contributed by atoms with Crippen LogP contribution < -0.4 is 5.73 Å². The summed E-state index contributed by atoms with van der Waals surface area (Å²) >= 11 is 0. The Balaban J connectivity index is 0.000000269. The topological polar surface area (TPSA) is 76.3 Å². The lowest BCUT2D eigenvalue weighted by Gasteiger charge is -2.16. The third-order valence-electron chi connectivity index (χ3n) is 5.73. The monoisotopic (exact) mass is 433 g/mol. The molecule has 166 valence electrons. The predicted molar refractivity (Wildman–Crippen MR) is 124 cm³/mol. The van der Waals surface area contributed by atoms with Gasteiger partial charge in [0.15, 0.2) is 6.29 Å². The van der Waals surface area contributed by atoms with Crippen molar-refractivity contribution in [3.8, 4) is 11.1 Å². The van der Waals surface area contributed by atoms with Gasteiger partial charge in [0.05, 0.1) is 6.20 Å². The van der Waals surface area contributed by atoms with Crippen LogP contribution in [0.15, 0.2) is 60.8 Å². The van der Waals surface area contributed by atoms with Crippen LogP contribution in [0.1, 0.15) is 51.2 Å². The lowest BCUT2D eigenvalue weighted by atomic mass is 9.89. The molecule has 2 heterocycles. The van der Waals surface area contributed by atoms with Crippen molar-refractivity contribution in [2.45, 2.75) is 25.7 Å². The zero-order valence-electron chi connectivity index (χ0n) is 18.4. The van der Waals surface area contributed by atoms with Crippen molar-refractivity contribution in [2.75, 3.05) is 20.1 Å². The maximum Gasteiger partial charge on any atom is 0.249 e. The van der Waals surface area contributed by atoms with E-state index in [-0.39, 0.29) is 11.6 Å². The molecule has 1 unspecified atom stereocenters. The highest BCUT2D eigenvalue weighted by Gasteiger charge is 2.25. The first-order valence-corrected chi connectivity index (χ1v) is 10.7. The number of pyridine rings is 1. The summed E-state index contributed by atoms with van der Waals surface area (Å²) in [5.41, 5.74) is 11.3. The number of hydrogen-bond donors (Lipinski definition) is 1. The number of likely N-dealkylation sites (tertiary alicyclic amines) is 1. The second-order valence-corrected chi connectivity index (χ2v) is 7.94. The summed E-state index contributed by atoms with van der Waals surface area (Å²) < 4.78 is 12.0. The second-order valence-electron chi connectivity index (χ2n) is 7.94. The summed E-state index contributed by atoms with van der Waals surface area (Å²) in [6.45, 7) is 4.21. The van der Waals surface area contributed by atoms with Crippen molar-refractivity contribution in [1.82, 2.24) is 9.88 Å². The maximum absolute atomic E-state index is 12.0. The molecule has 0 spiro atoms. The molecule has 1 aromatic heterocycles. The van der Waals surface area contributed by atoms with Crippen LogP contribution in [0.5, 0.6) is 0 Å². The van der Waals surface area contributed by atoms with Crippen LogP contribution in [0.2, 0.25) is 0 Å². The molecular formula is C26H28FN3O2. The highest BCUT2D eigenvalue weighted by molar-refractivity contribution is 5.96. The average molecular weight is 434 g/mol. The number of nitrogens with two attached hydrogens (primary N) is 1. The van der Waals surface area contributed by atoms with E-state index in [1.165, 1.54) is 23.3 Å². The van der Waals surface area contributed by atoms with Gasteiger partial charge in [-0.2, -0.15) is 0 Å². The molecule has 0 saturated carbocycles. The molecule has 2 aromatic carbocycles. The van der Waals surface area contributed by atoms with E-state index in [9.17, 15) is 14.0 Å². The van der Waals surface area contributed by atoms with Crippen molar-refractivity contribution in [3.63, 3.8) is 0 Å². The molecule has 0 aliphatic carbocycles. The smallest absolute Gasteiger partial charge is 0.249 e. The van der Waals surface area contributed by atoms with Crippen molar-refractivity contribution in [1.29, 1.82) is 0 Å². The third kappa shape index (κ3) is 5.65. The number of aldehydes is 1. The van der Waals surface area contributed by atoms with Gasteiger partial charge in [0, 0.05) is 12.1 Å². The Kier molecular flexibility index (Phi) is 7.84. The molecule has 0 bridgehead atoms. The number of likely N-dealkylation sites (N-methyl/N-ethyl adjacent to an activating group) is 1. The molecule has 6 heteroatoms. The van der Waals surface area contributed by atoms with Crippen LogP contribution in [0.25, 0.3) is 11.1 Å². The molecule has 1 aliphatic heterocycles. The number of hydrogen-bond acceptors (Lipinski definition) is 4. The summed E-state index contributed by atoms with van der Waals surface area (Å²) in [5, 5.41) is 0. The summed E-state index contributed by atoms with van der Waals surface area (Å²) in [6, 6.07) is 17.1. The number of nitrogens with zero attached hydrogens (tertiary/aromatic N) is 2. The van der Waals surface area contributed by atoms with Crippen molar-refractivity contribution >= 4 is 12.2 Å². The molecule has 0 radical (unpaired) electrons. The predicted octanol–water partition coefficient (Wildman–Crippen LogP) is 4.47. The molecule has 32 heavy (non-hydrogen) atoms. The van der Waals surface area contributed by atoms with Gasteiger partial charge in [-0.05, 0) is 72.8 Å². The van der Waals surface area contributed by atoms with E-state index < -0.39 is 5.82 Å². The van der Waals surface area contributed by atoms with E-state index in [1.54, 1.807) is 0 Å². The van der Waals surface area contributed by atoms with Gasteiger partial charge < -0.3 is 10.6 Å². The van der Waals surface area contributed by atoms with E-state index in [0.717, 1.165) is 43.3 Å². The van der Waals surface area contributed by atoms with E-state index in [2.05, 4.69) is 54.2 Å². The number of halogens is 1. The fourth-order valence-electron chi connectivity index (χ4n) is 4.05. The van der Waals surface area contributed by atoms with Crippen molar-refractivity contribution in [3.05, 3.63) is 89.0 Å². The Bertz CT molecular complexity index is 1080. The Morgan fingerprint density at radius 3 is 2.59 bits per heavy atom. The summed E-state index contributed by atoms with van der Waals surface area (Å²) in [6.07, 6.45) is 3.63. The summed E-state index contributed by atoms with van der Waals surface area (Å²) in [5.74, 6) is -0.357. The zero-order chi connectivity index (χ0) is 23.1. The van der Waals surface area contributed by atoms with Gasteiger partial charge in [-0.15, -0.1) is 0 Å². The van der Waals surface area contributed by atoms with Crippen LogP contribution in [0.3, 0.4) is 0 Å². The van der Waals surface area contributed by atoms with Crippen LogP contribution >= 0.6 is 0 Å². The van der Waals surface area contributed by atoms with Gasteiger partial charge in [-0.3, -0.25) is 14.6 Å². The summed E-state index contributed by atoms with van der Waals surface area (Å²) in [7, 11) is 2.12. The Labute approximate surface area is 188 Å². The van der Waals surface area contributed by atoms with Gasteiger partial charge in [-0.1, -0.05) is 43.3 Å². The quantitative estimate of drug-likeness (QED) is 0.603. The van der Waals surface area contributed by atoms with Crippen molar-refractivity contribution in [2.24, 2.45) is 5.73 Å². The van der Waals surface area contributed by atoms with Crippen LogP contribution in [-0.2, 0) is 6.42 Å². The average Bonchev–Trinajstić information content (AvgIpc) is 3.25. The fourth-order valence-corrected chi connectivity index (χ4v) is 4.05. The zero-order valence-corrected chi connectivity index (χ0v) is 18.4. The highest BCUT2D eigenvalue weighted by Crippen LogP contribution is 2.32. The number of carbonyl (C=O) groups excluding carboxylic acids is 2. The van der Waals surface area contributed by atoms with E-state index in [4.69, 9.17) is 5.73 Å². The molecule has 1 fully saturated rings. The first-order chi connectivity index (χ1) is 15.4. The van der Waals surface area contributed by atoms with Gasteiger partial charge >= 0.3 is 0 Å². The molecule has 3 aromatic rings. The minimum Gasteiger partial charge on any atom is -0.366 e. The van der Waals surface area contributed by atoms with E-state index in [0.29, 0.717) is 17.8 Å². The fraction of sp³-hybridized carbons (Fsp3) is 0.269. The molecule has 1 aliphatic rings. The number of benzene rings is 2. The first kappa shape index (κ1) is 23.3. The number of primary amides is 1. The number of carbonyl (C=O) groups is 2. The number of aromatic nitrogens is 1. The minimum atomic E-state index is -0.430.